The van der Waals surface area contributed by atoms with Crippen LogP contribution in [-0.2, 0) is 11.2 Å². The molecule has 4 heteroatoms. The van der Waals surface area contributed by atoms with Crippen molar-refractivity contribution in [2.24, 2.45) is 0 Å². The van der Waals surface area contributed by atoms with Crippen molar-refractivity contribution >= 4 is 16.9 Å². The van der Waals surface area contributed by atoms with Gasteiger partial charge in [0.2, 0.25) is 0 Å². The Labute approximate surface area is 124 Å². The van der Waals surface area contributed by atoms with Crippen molar-refractivity contribution in [1.82, 2.24) is 4.98 Å². The molecule has 1 heterocycles. The molecule has 0 aliphatic heterocycles. The number of nitrogens with one attached hydrogen (secondary N) is 1. The Morgan fingerprint density at radius 2 is 2.07 bits per heavy atom. The van der Waals surface area contributed by atoms with Gasteiger partial charge in [-0.1, -0.05) is 18.2 Å². The summed E-state index contributed by atoms with van der Waals surface area (Å²) in [5.74, 6) is -1.06. The van der Waals surface area contributed by atoms with Gasteiger partial charge in [0.05, 0.1) is 0 Å². The van der Waals surface area contributed by atoms with Crippen LogP contribution >= 0.6 is 0 Å². The van der Waals surface area contributed by atoms with Gasteiger partial charge >= 0.3 is 51.4 Å². The molecule has 0 saturated carbocycles. The molecule has 0 fully saturated rings. The summed E-state index contributed by atoms with van der Waals surface area (Å²) in [5.41, 5.74) is 1.64. The number of rotatable bonds is 2. The number of carbonyl (C=O) groups excluding carboxylic acids is 1. The molecule has 66 valence electrons. The Morgan fingerprint density at radius 3 is 2.71 bits per heavy atom. The average Bonchev–Trinajstić information content (AvgIpc) is 2.44. The first-order valence-electron chi connectivity index (χ1n) is 4.02. The van der Waals surface area contributed by atoms with Crippen LogP contribution in [0.25, 0.3) is 10.9 Å². The Bertz CT molecular complexity index is 417. The van der Waals surface area contributed by atoms with Crippen LogP contribution in [0.5, 0.6) is 0 Å². The number of hydrogen-bond donors (Lipinski definition) is 1. The van der Waals surface area contributed by atoms with Crippen LogP contribution in [0.4, 0.5) is 0 Å². The van der Waals surface area contributed by atoms with Crippen LogP contribution < -0.4 is 56.5 Å². The second-order valence-electron chi connectivity index (χ2n) is 2.93. The third-order valence-electron chi connectivity index (χ3n) is 1.92. The van der Waals surface area contributed by atoms with E-state index in [1.54, 1.807) is 0 Å². The van der Waals surface area contributed by atoms with Gasteiger partial charge < -0.3 is 14.9 Å². The molecule has 1 aromatic carbocycles. The zero-order valence-corrected chi connectivity index (χ0v) is 11.0. The first kappa shape index (κ1) is 11.9. The second-order valence-corrected chi connectivity index (χ2v) is 2.93. The van der Waals surface area contributed by atoms with Crippen LogP contribution in [0.15, 0.2) is 30.3 Å². The van der Waals surface area contributed by atoms with Gasteiger partial charge in [0, 0.05) is 23.6 Å². The molecule has 0 atom stereocenters. The minimum atomic E-state index is -1.06. The summed E-state index contributed by atoms with van der Waals surface area (Å²) >= 11 is 0. The van der Waals surface area contributed by atoms with Gasteiger partial charge in [0.1, 0.15) is 0 Å². The summed E-state index contributed by atoms with van der Waals surface area (Å²) in [6.07, 6.45) is -0.0608. The van der Waals surface area contributed by atoms with Gasteiger partial charge in [-0.25, -0.2) is 0 Å². The number of benzene rings is 1. The molecular weight excluding hydrogens is 205 g/mol. The van der Waals surface area contributed by atoms with E-state index in [-0.39, 0.29) is 57.8 Å². The van der Waals surface area contributed by atoms with Crippen LogP contribution in [0.1, 0.15) is 5.69 Å². The van der Waals surface area contributed by atoms with Crippen LogP contribution in [0, 0.1) is 0 Å². The van der Waals surface area contributed by atoms with Crippen molar-refractivity contribution in [2.45, 2.75) is 6.42 Å². The molecule has 0 aliphatic rings. The summed E-state index contributed by atoms with van der Waals surface area (Å²) in [6, 6.07) is 9.49. The van der Waals surface area contributed by atoms with Gasteiger partial charge in [-0.3, -0.25) is 0 Å². The number of aromatic nitrogens is 1. The van der Waals surface area contributed by atoms with E-state index in [4.69, 9.17) is 0 Å². The van der Waals surface area contributed by atoms with Crippen molar-refractivity contribution < 1.29 is 61.3 Å². The predicted molar refractivity (Wildman–Crippen MR) is 47.0 cm³/mol. The van der Waals surface area contributed by atoms with Crippen molar-refractivity contribution in [2.75, 3.05) is 0 Å². The van der Waals surface area contributed by atoms with Gasteiger partial charge in [-0.15, -0.1) is 0 Å². The molecule has 0 saturated heterocycles. The van der Waals surface area contributed by atoms with E-state index >= 15 is 0 Å². The van der Waals surface area contributed by atoms with Crippen molar-refractivity contribution in [3.8, 4) is 0 Å². The van der Waals surface area contributed by atoms with E-state index in [1.165, 1.54) is 0 Å². The third-order valence-corrected chi connectivity index (χ3v) is 1.92. The molecule has 2 aromatic rings. The summed E-state index contributed by atoms with van der Waals surface area (Å²) in [6.45, 7) is 0. The maximum Gasteiger partial charge on any atom is 1.00 e. The first-order chi connectivity index (χ1) is 6.25. The molecule has 3 nitrogen and oxygen atoms in total. The van der Waals surface area contributed by atoms with Gasteiger partial charge in [-0.2, -0.15) is 0 Å². The number of carboxylic acid groups (broad SMARTS) is 1. The maximum atomic E-state index is 10.3. The number of fused-ring (bicyclic) bond motifs is 1. The largest absolute Gasteiger partial charge is 1.00 e. The smallest absolute Gasteiger partial charge is 0.550 e. The molecule has 0 bridgehead atoms. The Kier molecular flexibility index (Phi) is 4.34. The van der Waals surface area contributed by atoms with E-state index in [0.717, 1.165) is 10.9 Å². The number of aromatic amines is 1. The molecule has 2 rings (SSSR count). The fraction of sp³-hybridized carbons (Fsp3) is 0.100. The van der Waals surface area contributed by atoms with Crippen molar-refractivity contribution in [3.05, 3.63) is 36.0 Å². The number of carbonyl (C=O) groups is 1. The molecule has 0 unspecified atom stereocenters. The van der Waals surface area contributed by atoms with E-state index in [0.29, 0.717) is 5.69 Å². The minimum absolute atomic E-state index is 0. The second kappa shape index (κ2) is 5.09. The summed E-state index contributed by atoms with van der Waals surface area (Å²) in [7, 11) is 0. The van der Waals surface area contributed by atoms with Crippen LogP contribution in [0.2, 0.25) is 0 Å². The maximum absolute atomic E-state index is 10.3. The number of hydrogen-bond acceptors (Lipinski definition) is 2. The van der Waals surface area contributed by atoms with Crippen LogP contribution in [-0.4, -0.2) is 11.0 Å². The monoisotopic (exact) mass is 213 g/mol. The topological polar surface area (TPSA) is 55.9 Å². The standard InChI is InChI=1S/C10H9NO2.K/c12-10(13)6-8-5-7-3-1-2-4-9(7)11-8;/h1-5,11H,6H2,(H,12,13);/q;+1/p-1. The molecule has 0 aliphatic carbocycles. The Balaban J connectivity index is 0.000000980. The van der Waals surface area contributed by atoms with Crippen molar-refractivity contribution in [1.29, 1.82) is 0 Å². The zero-order chi connectivity index (χ0) is 9.26. The molecule has 1 aromatic heterocycles. The quantitative estimate of drug-likeness (QED) is 0.559. The van der Waals surface area contributed by atoms with Crippen molar-refractivity contribution in [3.63, 3.8) is 0 Å². The van der Waals surface area contributed by atoms with E-state index in [9.17, 15) is 9.90 Å². The van der Waals surface area contributed by atoms with E-state index in [2.05, 4.69) is 4.98 Å². The van der Waals surface area contributed by atoms with Crippen LogP contribution in [0.3, 0.4) is 0 Å². The van der Waals surface area contributed by atoms with Gasteiger partial charge in [-0.05, 0) is 17.5 Å². The number of H-pyrrole nitrogens is 1. The SMILES string of the molecule is O=C([O-])Cc1cc2ccccc2[nH]1.[K+]. The first-order valence-corrected chi connectivity index (χ1v) is 4.02. The summed E-state index contributed by atoms with van der Waals surface area (Å²) in [4.78, 5) is 13.3. The molecule has 1 N–H and O–H groups in total. The summed E-state index contributed by atoms with van der Waals surface area (Å²) < 4.78 is 0. The third kappa shape index (κ3) is 2.68. The van der Waals surface area contributed by atoms with E-state index in [1.807, 2.05) is 30.3 Å². The number of carboxylic acids is 1. The fourth-order valence-electron chi connectivity index (χ4n) is 1.38. The minimum Gasteiger partial charge on any atom is -0.550 e. The molecule has 0 spiro atoms. The summed E-state index contributed by atoms with van der Waals surface area (Å²) in [5, 5.41) is 11.3. The van der Waals surface area contributed by atoms with Gasteiger partial charge in [0.15, 0.2) is 0 Å². The average molecular weight is 213 g/mol. The molecular formula is C10H8KNO2. The molecule has 0 radical (unpaired) electrons. The number of para-hydroxylation sites is 1. The Morgan fingerprint density at radius 1 is 1.36 bits per heavy atom. The zero-order valence-electron chi connectivity index (χ0n) is 7.91. The predicted octanol–water partition coefficient (Wildman–Crippen LogP) is -2.54. The fourth-order valence-corrected chi connectivity index (χ4v) is 1.38. The van der Waals surface area contributed by atoms with Gasteiger partial charge in [0.25, 0.3) is 0 Å². The molecule has 14 heavy (non-hydrogen) atoms. The van der Waals surface area contributed by atoms with E-state index < -0.39 is 5.97 Å². The number of aliphatic carboxylic acids is 1. The molecule has 0 amide bonds. The Hall–Kier alpha value is -0.134. The normalized spacial score (nSPS) is 9.71.